The van der Waals surface area contributed by atoms with Gasteiger partial charge in [-0.15, -0.1) is 0 Å². The molecule has 0 spiro atoms. The summed E-state index contributed by atoms with van der Waals surface area (Å²) in [4.78, 5) is 20.9. The van der Waals surface area contributed by atoms with Gasteiger partial charge in [-0.05, 0) is 29.8 Å². The van der Waals surface area contributed by atoms with E-state index in [0.717, 1.165) is 6.08 Å². The first-order valence-electron chi connectivity index (χ1n) is 6.95. The highest BCUT2D eigenvalue weighted by atomic mass is 16.6. The Kier molecular flexibility index (Phi) is 5.51. The van der Waals surface area contributed by atoms with E-state index in [4.69, 9.17) is 14.6 Å². The van der Waals surface area contributed by atoms with Crippen molar-refractivity contribution >= 4 is 17.7 Å². The quantitative estimate of drug-likeness (QED) is 0.475. The zero-order valence-electron chi connectivity index (χ0n) is 12.8. The first-order valence-corrected chi connectivity index (χ1v) is 6.95. The molecule has 0 radical (unpaired) electrons. The highest BCUT2D eigenvalue weighted by molar-refractivity contribution is 5.85. The number of non-ortho nitro benzene ring substituents is 1. The van der Waals surface area contributed by atoms with Gasteiger partial charge in [-0.2, -0.15) is 0 Å². The third-order valence-corrected chi connectivity index (χ3v) is 3.15. The Hall–Kier alpha value is -3.35. The molecule has 0 heterocycles. The fraction of sp³-hybridized carbons (Fsp3) is 0.118. The van der Waals surface area contributed by atoms with Crippen molar-refractivity contribution < 1.29 is 24.3 Å². The Bertz CT molecular complexity index is 784. The minimum absolute atomic E-state index is 0.0578. The van der Waals surface area contributed by atoms with Gasteiger partial charge in [0, 0.05) is 17.7 Å². The molecule has 7 nitrogen and oxygen atoms in total. The third kappa shape index (κ3) is 4.57. The number of carbonyl (C=O) groups is 1. The molecule has 2 aromatic carbocycles. The zero-order valence-corrected chi connectivity index (χ0v) is 12.8. The maximum Gasteiger partial charge on any atom is 0.328 e. The van der Waals surface area contributed by atoms with Gasteiger partial charge in [-0.3, -0.25) is 10.1 Å². The molecule has 0 saturated carbocycles. The highest BCUT2D eigenvalue weighted by Gasteiger charge is 2.09. The summed E-state index contributed by atoms with van der Waals surface area (Å²) in [7, 11) is 1.51. The van der Waals surface area contributed by atoms with Gasteiger partial charge in [0.15, 0.2) is 0 Å². The number of aliphatic carboxylic acids is 1. The molecular formula is C17H15NO6. The molecule has 0 aliphatic heterocycles. The molecule has 7 heteroatoms. The van der Waals surface area contributed by atoms with Crippen LogP contribution in [-0.4, -0.2) is 23.1 Å². The van der Waals surface area contributed by atoms with E-state index in [9.17, 15) is 14.9 Å². The molecule has 2 rings (SSSR count). The Morgan fingerprint density at radius 1 is 1.29 bits per heavy atom. The van der Waals surface area contributed by atoms with Crippen LogP contribution in [0.2, 0.25) is 0 Å². The molecule has 0 aromatic heterocycles. The molecule has 0 saturated heterocycles. The van der Waals surface area contributed by atoms with E-state index < -0.39 is 10.9 Å². The minimum Gasteiger partial charge on any atom is -0.496 e. The normalized spacial score (nSPS) is 10.5. The Morgan fingerprint density at radius 3 is 2.75 bits per heavy atom. The van der Waals surface area contributed by atoms with Crippen LogP contribution in [0.1, 0.15) is 11.1 Å². The lowest BCUT2D eigenvalue weighted by Gasteiger charge is -2.11. The van der Waals surface area contributed by atoms with Crippen molar-refractivity contribution in [3.63, 3.8) is 0 Å². The van der Waals surface area contributed by atoms with Crippen LogP contribution in [0.5, 0.6) is 11.5 Å². The van der Waals surface area contributed by atoms with Crippen LogP contribution in [0.4, 0.5) is 5.69 Å². The third-order valence-electron chi connectivity index (χ3n) is 3.15. The van der Waals surface area contributed by atoms with Gasteiger partial charge in [-0.25, -0.2) is 4.79 Å². The highest BCUT2D eigenvalue weighted by Crippen LogP contribution is 2.24. The van der Waals surface area contributed by atoms with Crippen LogP contribution in [0.15, 0.2) is 48.5 Å². The van der Waals surface area contributed by atoms with E-state index in [-0.39, 0.29) is 12.3 Å². The first kappa shape index (κ1) is 17.0. The van der Waals surface area contributed by atoms with Crippen molar-refractivity contribution in [2.75, 3.05) is 7.11 Å². The van der Waals surface area contributed by atoms with Gasteiger partial charge < -0.3 is 14.6 Å². The molecule has 0 fully saturated rings. The number of rotatable bonds is 7. The predicted molar refractivity (Wildman–Crippen MR) is 87.1 cm³/mol. The predicted octanol–water partition coefficient (Wildman–Crippen LogP) is 3.28. The molecule has 0 amide bonds. The number of nitrogens with zero attached hydrogens (tertiary/aromatic N) is 1. The number of ether oxygens (including phenoxy) is 2. The number of methoxy groups -OCH3 is 1. The van der Waals surface area contributed by atoms with E-state index >= 15 is 0 Å². The molecule has 0 atom stereocenters. The standard InChI is InChI=1S/C17H15NO6/c1-23-16-7-5-12(6-8-17(19)20)9-13(16)11-24-15-4-2-3-14(10-15)18(21)22/h2-10H,11H2,1H3,(H,19,20). The summed E-state index contributed by atoms with van der Waals surface area (Å²) in [5.41, 5.74) is 1.31. The van der Waals surface area contributed by atoms with Gasteiger partial charge in [0.05, 0.1) is 18.1 Å². The van der Waals surface area contributed by atoms with Gasteiger partial charge in [0.2, 0.25) is 0 Å². The lowest BCUT2D eigenvalue weighted by Crippen LogP contribution is -2.00. The van der Waals surface area contributed by atoms with Crippen molar-refractivity contribution in [3.8, 4) is 11.5 Å². The summed E-state index contributed by atoms with van der Waals surface area (Å²) in [5.74, 6) is -0.106. The van der Waals surface area contributed by atoms with E-state index in [0.29, 0.717) is 22.6 Å². The fourth-order valence-electron chi connectivity index (χ4n) is 2.03. The SMILES string of the molecule is COc1ccc(C=CC(=O)O)cc1COc1cccc([N+](=O)[O-])c1. The number of hydrogen-bond donors (Lipinski definition) is 1. The topological polar surface area (TPSA) is 98.9 Å². The maximum absolute atomic E-state index is 10.8. The minimum atomic E-state index is -1.04. The molecule has 0 unspecified atom stereocenters. The van der Waals surface area contributed by atoms with Crippen LogP contribution in [0.25, 0.3) is 6.08 Å². The smallest absolute Gasteiger partial charge is 0.328 e. The van der Waals surface area contributed by atoms with Crippen LogP contribution in [0.3, 0.4) is 0 Å². The average molecular weight is 329 g/mol. The summed E-state index contributed by atoms with van der Waals surface area (Å²) in [6.07, 6.45) is 2.49. The van der Waals surface area contributed by atoms with Crippen molar-refractivity contribution in [1.82, 2.24) is 0 Å². The molecule has 1 N–H and O–H groups in total. The largest absolute Gasteiger partial charge is 0.496 e. The van der Waals surface area contributed by atoms with E-state index in [1.807, 2.05) is 0 Å². The first-order chi connectivity index (χ1) is 11.5. The molecular weight excluding hydrogens is 314 g/mol. The van der Waals surface area contributed by atoms with Crippen LogP contribution in [0, 0.1) is 10.1 Å². The summed E-state index contributed by atoms with van der Waals surface area (Å²) < 4.78 is 10.8. The lowest BCUT2D eigenvalue weighted by molar-refractivity contribution is -0.384. The molecule has 0 aliphatic carbocycles. The second-order valence-electron chi connectivity index (χ2n) is 4.79. The van der Waals surface area contributed by atoms with Crippen molar-refractivity contribution in [2.45, 2.75) is 6.61 Å². The fourth-order valence-corrected chi connectivity index (χ4v) is 2.03. The molecule has 2 aromatic rings. The summed E-state index contributed by atoms with van der Waals surface area (Å²) >= 11 is 0. The van der Waals surface area contributed by atoms with Crippen molar-refractivity contribution in [1.29, 1.82) is 0 Å². The van der Waals surface area contributed by atoms with E-state index in [1.54, 1.807) is 24.3 Å². The molecule has 0 aliphatic rings. The maximum atomic E-state index is 10.8. The monoisotopic (exact) mass is 329 g/mol. The Morgan fingerprint density at radius 2 is 2.08 bits per heavy atom. The number of carboxylic acid groups (broad SMARTS) is 1. The van der Waals surface area contributed by atoms with Crippen molar-refractivity contribution in [2.24, 2.45) is 0 Å². The van der Waals surface area contributed by atoms with E-state index in [2.05, 4.69) is 0 Å². The second-order valence-corrected chi connectivity index (χ2v) is 4.79. The number of benzene rings is 2. The molecule has 0 bridgehead atoms. The summed E-state index contributed by atoms with van der Waals surface area (Å²) in [6, 6.07) is 11.0. The number of nitro groups is 1. The number of nitro benzene ring substituents is 1. The Labute approximate surface area is 137 Å². The van der Waals surface area contributed by atoms with Gasteiger partial charge in [0.25, 0.3) is 5.69 Å². The average Bonchev–Trinajstić information content (AvgIpc) is 2.58. The number of carboxylic acids is 1. The molecule has 124 valence electrons. The van der Waals surface area contributed by atoms with Gasteiger partial charge in [0.1, 0.15) is 18.1 Å². The van der Waals surface area contributed by atoms with Gasteiger partial charge >= 0.3 is 5.97 Å². The Balaban J connectivity index is 2.18. The van der Waals surface area contributed by atoms with Crippen molar-refractivity contribution in [3.05, 3.63) is 69.8 Å². The second kappa shape index (κ2) is 7.77. The van der Waals surface area contributed by atoms with E-state index in [1.165, 1.54) is 31.4 Å². The van der Waals surface area contributed by atoms with Crippen LogP contribution >= 0.6 is 0 Å². The zero-order chi connectivity index (χ0) is 17.5. The van der Waals surface area contributed by atoms with Crippen LogP contribution < -0.4 is 9.47 Å². The van der Waals surface area contributed by atoms with Crippen LogP contribution in [-0.2, 0) is 11.4 Å². The summed E-state index contributed by atoms with van der Waals surface area (Å²) in [6.45, 7) is 0.124. The number of hydrogen-bond acceptors (Lipinski definition) is 5. The molecule has 24 heavy (non-hydrogen) atoms. The van der Waals surface area contributed by atoms with Gasteiger partial charge in [-0.1, -0.05) is 12.1 Å². The lowest BCUT2D eigenvalue weighted by atomic mass is 10.1. The summed E-state index contributed by atoms with van der Waals surface area (Å²) in [5, 5.41) is 19.5.